The van der Waals surface area contributed by atoms with Gasteiger partial charge in [-0.1, -0.05) is 12.1 Å². The third kappa shape index (κ3) is 3.01. The minimum atomic E-state index is -0.305. The Bertz CT molecular complexity index is 703. The van der Waals surface area contributed by atoms with E-state index in [0.717, 1.165) is 11.1 Å². The summed E-state index contributed by atoms with van der Waals surface area (Å²) in [5.74, 6) is 0.231. The van der Waals surface area contributed by atoms with Crippen molar-refractivity contribution in [1.82, 2.24) is 4.90 Å². The summed E-state index contributed by atoms with van der Waals surface area (Å²) in [6, 6.07) is 8.28. The number of rotatable bonds is 4. The summed E-state index contributed by atoms with van der Waals surface area (Å²) < 4.78 is 18.8. The van der Waals surface area contributed by atoms with Gasteiger partial charge >= 0.3 is 0 Å². The number of allylic oxidation sites excluding steroid dienone is 2. The number of nitrogens with zero attached hydrogens (tertiary/aromatic N) is 2. The zero-order valence-corrected chi connectivity index (χ0v) is 12.0. The van der Waals surface area contributed by atoms with Crippen LogP contribution in [0.5, 0.6) is 0 Å². The molecule has 1 aliphatic heterocycles. The van der Waals surface area contributed by atoms with E-state index in [0.29, 0.717) is 12.3 Å². The van der Waals surface area contributed by atoms with Crippen molar-refractivity contribution in [2.45, 2.75) is 13.0 Å². The average molecular weight is 298 g/mol. The second-order valence-corrected chi connectivity index (χ2v) is 5.44. The molecule has 0 spiro atoms. The number of benzene rings is 1. The molecule has 2 aliphatic rings. The van der Waals surface area contributed by atoms with Gasteiger partial charge in [0.1, 0.15) is 30.5 Å². The highest BCUT2D eigenvalue weighted by molar-refractivity contribution is 5.88. The van der Waals surface area contributed by atoms with Crippen molar-refractivity contribution in [2.24, 2.45) is 5.92 Å². The van der Waals surface area contributed by atoms with Crippen LogP contribution in [0.3, 0.4) is 0 Å². The van der Waals surface area contributed by atoms with Crippen LogP contribution in [-0.4, -0.2) is 23.8 Å². The molecule has 1 atom stereocenters. The molecular formula is C17H15FN2O2. The first-order valence-corrected chi connectivity index (χ1v) is 7.09. The van der Waals surface area contributed by atoms with Gasteiger partial charge in [0.15, 0.2) is 0 Å². The molecule has 1 aliphatic carbocycles. The number of halogens is 1. The molecule has 0 saturated heterocycles. The van der Waals surface area contributed by atoms with Crippen molar-refractivity contribution in [3.8, 4) is 6.07 Å². The van der Waals surface area contributed by atoms with Crippen LogP contribution in [0, 0.1) is 23.1 Å². The molecule has 1 aromatic rings. The molecule has 0 aromatic heterocycles. The normalized spacial score (nSPS) is 20.1. The summed E-state index contributed by atoms with van der Waals surface area (Å²) in [6.07, 6.45) is 3.96. The zero-order valence-electron chi connectivity index (χ0n) is 12.0. The van der Waals surface area contributed by atoms with Crippen molar-refractivity contribution in [1.29, 1.82) is 5.26 Å². The van der Waals surface area contributed by atoms with Gasteiger partial charge in [0.25, 0.3) is 0 Å². The largest absolute Gasteiger partial charge is 0.493 e. The van der Waals surface area contributed by atoms with E-state index in [9.17, 15) is 9.18 Å². The van der Waals surface area contributed by atoms with Crippen molar-refractivity contribution >= 4 is 5.78 Å². The molecule has 4 nitrogen and oxygen atoms in total. The lowest BCUT2D eigenvalue weighted by molar-refractivity contribution is -0.122. The minimum Gasteiger partial charge on any atom is -0.493 e. The van der Waals surface area contributed by atoms with Gasteiger partial charge in [-0.15, -0.1) is 0 Å². The maximum absolute atomic E-state index is 13.1. The Kier molecular flexibility index (Phi) is 3.92. The second-order valence-electron chi connectivity index (χ2n) is 5.44. The van der Waals surface area contributed by atoms with E-state index in [4.69, 9.17) is 10.00 Å². The lowest BCUT2D eigenvalue weighted by Gasteiger charge is -2.20. The van der Waals surface area contributed by atoms with Crippen LogP contribution in [0.4, 0.5) is 4.39 Å². The predicted molar refractivity (Wildman–Crippen MR) is 77.7 cm³/mol. The number of Topliss-reactive ketones (excluding diaryl/α,β-unsaturated/α-hetero) is 1. The Morgan fingerprint density at radius 3 is 3.09 bits per heavy atom. The molecule has 0 saturated carbocycles. The standard InChI is InChI=1S/C17H15FN2O2/c18-14-3-1-2-12(6-14)11-22-15-7-13-9-20(5-4-19)10-16(13)17(21)8-15/h1-3,6-7,9,16H,5,8,10-11H2. The number of ketones is 1. The molecule has 1 unspecified atom stereocenters. The third-order valence-corrected chi connectivity index (χ3v) is 3.80. The quantitative estimate of drug-likeness (QED) is 0.802. The molecule has 112 valence electrons. The van der Waals surface area contributed by atoms with Gasteiger partial charge < -0.3 is 9.64 Å². The highest BCUT2D eigenvalue weighted by Crippen LogP contribution is 2.32. The summed E-state index contributed by atoms with van der Waals surface area (Å²) >= 11 is 0. The van der Waals surface area contributed by atoms with Crippen molar-refractivity contribution in [3.05, 3.63) is 59.3 Å². The highest BCUT2D eigenvalue weighted by atomic mass is 19.1. The molecule has 1 heterocycles. The Hall–Kier alpha value is -2.61. The van der Waals surface area contributed by atoms with Gasteiger partial charge in [0.05, 0.1) is 18.4 Å². The highest BCUT2D eigenvalue weighted by Gasteiger charge is 2.33. The summed E-state index contributed by atoms with van der Waals surface area (Å²) in [6.45, 7) is 1.08. The number of hydrogen-bond donors (Lipinski definition) is 0. The van der Waals surface area contributed by atoms with Crippen molar-refractivity contribution in [3.63, 3.8) is 0 Å². The number of hydrogen-bond acceptors (Lipinski definition) is 4. The van der Waals surface area contributed by atoms with Crippen LogP contribution in [0.1, 0.15) is 12.0 Å². The number of carbonyl (C=O) groups is 1. The van der Waals surface area contributed by atoms with E-state index >= 15 is 0 Å². The third-order valence-electron chi connectivity index (χ3n) is 3.80. The molecule has 0 N–H and O–H groups in total. The monoisotopic (exact) mass is 298 g/mol. The number of carbonyl (C=O) groups excluding carboxylic acids is 1. The first-order chi connectivity index (χ1) is 10.7. The molecule has 0 amide bonds. The lowest BCUT2D eigenvalue weighted by Crippen LogP contribution is -2.26. The minimum absolute atomic E-state index is 0.100. The maximum Gasteiger partial charge on any atom is 0.149 e. The topological polar surface area (TPSA) is 53.3 Å². The van der Waals surface area contributed by atoms with Crippen LogP contribution in [0.25, 0.3) is 0 Å². The molecule has 0 fully saturated rings. The van der Waals surface area contributed by atoms with Gasteiger partial charge in [0.2, 0.25) is 0 Å². The first-order valence-electron chi connectivity index (χ1n) is 7.09. The lowest BCUT2D eigenvalue weighted by atomic mass is 9.89. The molecule has 0 radical (unpaired) electrons. The smallest absolute Gasteiger partial charge is 0.149 e. The summed E-state index contributed by atoms with van der Waals surface area (Å²) in [7, 11) is 0. The van der Waals surface area contributed by atoms with Crippen LogP contribution in [0.2, 0.25) is 0 Å². The summed E-state index contributed by atoms with van der Waals surface area (Å²) in [5, 5.41) is 8.73. The zero-order chi connectivity index (χ0) is 15.5. The summed E-state index contributed by atoms with van der Waals surface area (Å²) in [4.78, 5) is 14.0. The number of nitriles is 1. The van der Waals surface area contributed by atoms with Gasteiger partial charge in [-0.2, -0.15) is 5.26 Å². The van der Waals surface area contributed by atoms with Crippen LogP contribution >= 0.6 is 0 Å². The molecule has 22 heavy (non-hydrogen) atoms. The first kappa shape index (κ1) is 14.3. The molecule has 3 rings (SSSR count). The summed E-state index contributed by atoms with van der Waals surface area (Å²) in [5.41, 5.74) is 1.61. The maximum atomic E-state index is 13.1. The molecule has 5 heteroatoms. The fourth-order valence-corrected chi connectivity index (χ4v) is 2.75. The number of fused-ring (bicyclic) bond motifs is 1. The molecule has 0 bridgehead atoms. The van der Waals surface area contributed by atoms with Gasteiger partial charge in [-0.25, -0.2) is 4.39 Å². The van der Waals surface area contributed by atoms with E-state index in [1.54, 1.807) is 12.1 Å². The van der Waals surface area contributed by atoms with Gasteiger partial charge in [-0.05, 0) is 29.3 Å². The molecule has 1 aromatic carbocycles. The second kappa shape index (κ2) is 6.02. The van der Waals surface area contributed by atoms with Gasteiger partial charge in [0, 0.05) is 12.7 Å². The molecular weight excluding hydrogens is 283 g/mol. The van der Waals surface area contributed by atoms with E-state index in [-0.39, 0.29) is 37.1 Å². The Morgan fingerprint density at radius 2 is 2.32 bits per heavy atom. The van der Waals surface area contributed by atoms with E-state index in [1.165, 1.54) is 12.1 Å². The average Bonchev–Trinajstić information content (AvgIpc) is 2.89. The number of ether oxygens (including phenoxy) is 1. The van der Waals surface area contributed by atoms with Gasteiger partial charge in [-0.3, -0.25) is 4.79 Å². The van der Waals surface area contributed by atoms with Crippen molar-refractivity contribution in [2.75, 3.05) is 13.1 Å². The van der Waals surface area contributed by atoms with Crippen molar-refractivity contribution < 1.29 is 13.9 Å². The Balaban J connectivity index is 1.69. The van der Waals surface area contributed by atoms with E-state index < -0.39 is 0 Å². The SMILES string of the molecule is N#CCN1C=C2C=C(OCc3cccc(F)c3)CC(=O)C2C1. The van der Waals surface area contributed by atoms with E-state index in [2.05, 4.69) is 6.07 Å². The van der Waals surface area contributed by atoms with E-state index in [1.807, 2.05) is 17.2 Å². The van der Waals surface area contributed by atoms with Crippen LogP contribution in [0.15, 0.2) is 47.9 Å². The van der Waals surface area contributed by atoms with Crippen LogP contribution < -0.4 is 0 Å². The Labute approximate surface area is 128 Å². The van der Waals surface area contributed by atoms with Crippen LogP contribution in [-0.2, 0) is 16.1 Å². The fourth-order valence-electron chi connectivity index (χ4n) is 2.75. The Morgan fingerprint density at radius 1 is 1.45 bits per heavy atom. The predicted octanol–water partition coefficient (Wildman–Crippen LogP) is 2.54. The fraction of sp³-hybridized carbons (Fsp3) is 0.294.